The van der Waals surface area contributed by atoms with Crippen molar-refractivity contribution in [3.63, 3.8) is 0 Å². The summed E-state index contributed by atoms with van der Waals surface area (Å²) in [6.07, 6.45) is 0. The average molecular weight is 421 g/mol. The SMILES string of the molecule is CN(C)C(=O)Sc1nsc(OCc2ccccc2I)n1. The van der Waals surface area contributed by atoms with Crippen LogP contribution in [0.4, 0.5) is 4.79 Å². The Hall–Kier alpha value is -0.870. The van der Waals surface area contributed by atoms with E-state index < -0.39 is 0 Å². The van der Waals surface area contributed by atoms with Gasteiger partial charge in [0.05, 0.1) is 0 Å². The summed E-state index contributed by atoms with van der Waals surface area (Å²) in [4.78, 5) is 17.2. The Morgan fingerprint density at radius 3 is 2.90 bits per heavy atom. The van der Waals surface area contributed by atoms with Crippen LogP contribution in [0.15, 0.2) is 29.4 Å². The van der Waals surface area contributed by atoms with E-state index in [-0.39, 0.29) is 5.24 Å². The van der Waals surface area contributed by atoms with Gasteiger partial charge in [0.25, 0.3) is 10.4 Å². The molecule has 0 fully saturated rings. The summed E-state index contributed by atoms with van der Waals surface area (Å²) >= 11 is 4.41. The minimum Gasteiger partial charge on any atom is -0.464 e. The van der Waals surface area contributed by atoms with Gasteiger partial charge in [-0.05, 0) is 28.7 Å². The zero-order chi connectivity index (χ0) is 14.5. The summed E-state index contributed by atoms with van der Waals surface area (Å²) < 4.78 is 10.8. The molecule has 106 valence electrons. The number of amides is 1. The van der Waals surface area contributed by atoms with Gasteiger partial charge in [-0.25, -0.2) is 0 Å². The van der Waals surface area contributed by atoms with Crippen molar-refractivity contribution in [2.75, 3.05) is 14.1 Å². The average Bonchev–Trinajstić information content (AvgIpc) is 2.85. The van der Waals surface area contributed by atoms with Crippen molar-refractivity contribution < 1.29 is 9.53 Å². The van der Waals surface area contributed by atoms with Crippen LogP contribution in [0.2, 0.25) is 0 Å². The number of ether oxygens (including phenoxy) is 1. The molecule has 1 aromatic carbocycles. The lowest BCUT2D eigenvalue weighted by Crippen LogP contribution is -2.16. The van der Waals surface area contributed by atoms with Crippen molar-refractivity contribution in [3.8, 4) is 5.19 Å². The maximum atomic E-state index is 11.5. The Morgan fingerprint density at radius 1 is 1.45 bits per heavy atom. The number of benzene rings is 1. The first-order valence-corrected chi connectivity index (χ1v) is 8.32. The van der Waals surface area contributed by atoms with Gasteiger partial charge in [0.1, 0.15) is 6.61 Å². The smallest absolute Gasteiger partial charge is 0.294 e. The number of hydrogen-bond acceptors (Lipinski definition) is 6. The summed E-state index contributed by atoms with van der Waals surface area (Å²) in [5.41, 5.74) is 1.10. The molecule has 0 saturated heterocycles. The van der Waals surface area contributed by atoms with E-state index >= 15 is 0 Å². The minimum atomic E-state index is -0.105. The second-order valence-corrected chi connectivity index (χ2v) is 6.78. The van der Waals surface area contributed by atoms with Crippen LogP contribution in [-0.4, -0.2) is 33.6 Å². The van der Waals surface area contributed by atoms with Crippen molar-refractivity contribution in [2.45, 2.75) is 11.8 Å². The first kappa shape index (κ1) is 15.5. The molecule has 0 unspecified atom stereocenters. The van der Waals surface area contributed by atoms with E-state index in [1.807, 2.05) is 24.3 Å². The first-order chi connectivity index (χ1) is 9.56. The number of hydrogen-bond donors (Lipinski definition) is 0. The molecule has 5 nitrogen and oxygen atoms in total. The molecule has 1 aromatic heterocycles. The summed E-state index contributed by atoms with van der Waals surface area (Å²) in [5, 5.41) is 0.789. The fourth-order valence-corrected chi connectivity index (χ4v) is 2.99. The Labute approximate surface area is 139 Å². The van der Waals surface area contributed by atoms with Gasteiger partial charge in [-0.3, -0.25) is 4.79 Å². The van der Waals surface area contributed by atoms with Crippen molar-refractivity contribution in [2.24, 2.45) is 0 Å². The van der Waals surface area contributed by atoms with E-state index in [1.165, 1.54) is 4.90 Å². The number of carbonyl (C=O) groups excluding carboxylic acids is 1. The molecular weight excluding hydrogens is 409 g/mol. The van der Waals surface area contributed by atoms with E-state index in [9.17, 15) is 4.79 Å². The van der Waals surface area contributed by atoms with Gasteiger partial charge in [-0.15, -0.1) is 0 Å². The van der Waals surface area contributed by atoms with Gasteiger partial charge >= 0.3 is 0 Å². The molecule has 0 radical (unpaired) electrons. The summed E-state index contributed by atoms with van der Waals surface area (Å²) in [6.45, 7) is 0.444. The quantitative estimate of drug-likeness (QED) is 0.559. The zero-order valence-electron chi connectivity index (χ0n) is 10.9. The first-order valence-electron chi connectivity index (χ1n) is 5.65. The third-order valence-corrected chi connectivity index (χ3v) is 4.94. The summed E-state index contributed by atoms with van der Waals surface area (Å²) in [7, 11) is 3.38. The third-order valence-electron chi connectivity index (χ3n) is 2.24. The molecule has 2 aromatic rings. The van der Waals surface area contributed by atoms with Gasteiger partial charge in [0.15, 0.2) is 0 Å². The maximum absolute atomic E-state index is 11.5. The van der Waals surface area contributed by atoms with Crippen LogP contribution >= 0.6 is 45.9 Å². The van der Waals surface area contributed by atoms with Crippen molar-refractivity contribution in [1.82, 2.24) is 14.3 Å². The van der Waals surface area contributed by atoms with Crippen LogP contribution in [0.5, 0.6) is 5.19 Å². The number of thioether (sulfide) groups is 1. The highest BCUT2D eigenvalue weighted by Crippen LogP contribution is 2.24. The van der Waals surface area contributed by atoms with E-state index in [2.05, 4.69) is 31.9 Å². The van der Waals surface area contributed by atoms with E-state index in [4.69, 9.17) is 4.74 Å². The molecule has 1 amide bonds. The maximum Gasteiger partial charge on any atom is 0.294 e. The zero-order valence-corrected chi connectivity index (χ0v) is 14.7. The Morgan fingerprint density at radius 2 is 2.20 bits per heavy atom. The van der Waals surface area contributed by atoms with Crippen molar-refractivity contribution in [1.29, 1.82) is 0 Å². The Balaban J connectivity index is 1.93. The Kier molecular flexibility index (Phi) is 5.61. The highest BCUT2D eigenvalue weighted by molar-refractivity contribution is 14.1. The predicted molar refractivity (Wildman–Crippen MR) is 88.3 cm³/mol. The molecule has 20 heavy (non-hydrogen) atoms. The van der Waals surface area contributed by atoms with Crippen LogP contribution in [0.1, 0.15) is 5.56 Å². The van der Waals surface area contributed by atoms with Crippen LogP contribution in [0.25, 0.3) is 0 Å². The van der Waals surface area contributed by atoms with Crippen molar-refractivity contribution in [3.05, 3.63) is 33.4 Å². The van der Waals surface area contributed by atoms with Gasteiger partial charge in [-0.1, -0.05) is 18.2 Å². The fraction of sp³-hybridized carbons (Fsp3) is 0.250. The number of rotatable bonds is 4. The second kappa shape index (κ2) is 7.23. The van der Waals surface area contributed by atoms with Gasteiger partial charge in [0.2, 0.25) is 5.16 Å². The molecule has 0 N–H and O–H groups in total. The molecule has 8 heteroatoms. The molecule has 1 heterocycles. The highest BCUT2D eigenvalue weighted by Gasteiger charge is 2.12. The normalized spacial score (nSPS) is 10.3. The third kappa shape index (κ3) is 4.32. The fourth-order valence-electron chi connectivity index (χ4n) is 1.22. The lowest BCUT2D eigenvalue weighted by atomic mass is 10.2. The highest BCUT2D eigenvalue weighted by atomic mass is 127. The molecule has 0 spiro atoms. The molecular formula is C12H12IN3O2S2. The standard InChI is InChI=1S/C12H12IN3O2S2/c1-16(2)12(17)19-10-14-11(20-15-10)18-7-8-5-3-4-6-9(8)13/h3-6H,7H2,1-2H3. The van der Waals surface area contributed by atoms with Gasteiger partial charge < -0.3 is 9.64 Å². The van der Waals surface area contributed by atoms with E-state index in [0.717, 1.165) is 32.4 Å². The molecule has 0 saturated carbocycles. The molecule has 0 aliphatic heterocycles. The van der Waals surface area contributed by atoms with E-state index in [1.54, 1.807) is 14.1 Å². The second-order valence-electron chi connectivity index (χ2n) is 3.99. The number of halogens is 1. The molecule has 0 bridgehead atoms. The summed E-state index contributed by atoms with van der Waals surface area (Å²) in [6, 6.07) is 7.99. The molecule has 0 aliphatic carbocycles. The lowest BCUT2D eigenvalue weighted by Gasteiger charge is -2.06. The molecule has 2 rings (SSSR count). The minimum absolute atomic E-state index is 0.105. The van der Waals surface area contributed by atoms with Crippen molar-refractivity contribution >= 4 is 51.1 Å². The lowest BCUT2D eigenvalue weighted by molar-refractivity contribution is 0.241. The van der Waals surface area contributed by atoms with E-state index in [0.29, 0.717) is 17.0 Å². The summed E-state index contributed by atoms with van der Waals surface area (Å²) in [5.74, 6) is 0. The van der Waals surface area contributed by atoms with Gasteiger partial charge in [0, 0.05) is 46.5 Å². The number of carbonyl (C=O) groups is 1. The molecule has 0 atom stereocenters. The number of nitrogens with zero attached hydrogens (tertiary/aromatic N) is 3. The van der Waals surface area contributed by atoms with Crippen LogP contribution in [0.3, 0.4) is 0 Å². The van der Waals surface area contributed by atoms with Gasteiger partial charge in [-0.2, -0.15) is 9.36 Å². The largest absolute Gasteiger partial charge is 0.464 e. The van der Waals surface area contributed by atoms with Crippen LogP contribution in [0, 0.1) is 3.57 Å². The Bertz CT molecular complexity index is 604. The predicted octanol–water partition coefficient (Wildman–Crippen LogP) is 3.50. The monoisotopic (exact) mass is 421 g/mol. The molecule has 0 aliphatic rings. The topological polar surface area (TPSA) is 55.3 Å². The number of aromatic nitrogens is 2. The van der Waals surface area contributed by atoms with Crippen LogP contribution < -0.4 is 4.74 Å². The van der Waals surface area contributed by atoms with Crippen LogP contribution in [-0.2, 0) is 6.61 Å².